The Kier molecular flexibility index (Phi) is 9.62. The molecule has 0 aromatic rings. The number of nitrogens with zero attached hydrogens (tertiary/aromatic N) is 1. The third kappa shape index (κ3) is 6.74. The average molecular weight is 390 g/mol. The number of hydrogen-bond donors (Lipinski definition) is 0. The maximum Gasteiger partial charge on any atom is 0.158 e. The number of nitriles is 1. The van der Waals surface area contributed by atoms with Crippen LogP contribution in [0, 0.1) is 29.1 Å². The highest BCUT2D eigenvalue weighted by molar-refractivity contribution is 4.95. The van der Waals surface area contributed by atoms with Crippen molar-refractivity contribution in [1.82, 2.24) is 0 Å². The van der Waals surface area contributed by atoms with Gasteiger partial charge >= 0.3 is 0 Å². The Morgan fingerprint density at radius 2 is 1.43 bits per heavy atom. The number of rotatable bonds is 14. The van der Waals surface area contributed by atoms with Crippen LogP contribution in [0.5, 0.6) is 0 Å². The molecule has 4 rings (SSSR count). The Morgan fingerprint density at radius 1 is 0.821 bits per heavy atom. The van der Waals surface area contributed by atoms with Crippen LogP contribution >= 0.6 is 0 Å². The van der Waals surface area contributed by atoms with Gasteiger partial charge in [-0.15, -0.1) is 0 Å². The standard InChI is InChI=1S/C25H43NO2/c1-2-3-4-5-6-7-9-12-20(19-26)13-10-8-11-14-25-27-23-17-21-15-16-22(23)24(18-21)28-25/h20-25H,2-18H2,1H3. The van der Waals surface area contributed by atoms with Crippen molar-refractivity contribution in [2.45, 2.75) is 135 Å². The Morgan fingerprint density at radius 3 is 2.04 bits per heavy atom. The van der Waals surface area contributed by atoms with E-state index in [4.69, 9.17) is 9.47 Å². The van der Waals surface area contributed by atoms with Crippen LogP contribution in [-0.4, -0.2) is 18.5 Å². The van der Waals surface area contributed by atoms with Gasteiger partial charge in [0.2, 0.25) is 0 Å². The summed E-state index contributed by atoms with van der Waals surface area (Å²) in [7, 11) is 0. The Bertz CT molecular complexity index is 458. The minimum atomic E-state index is 0.0461. The molecule has 3 atom stereocenters. The highest BCUT2D eigenvalue weighted by Gasteiger charge is 2.48. The van der Waals surface area contributed by atoms with Crippen LogP contribution in [0.3, 0.4) is 0 Å². The van der Waals surface area contributed by atoms with Crippen LogP contribution in [0.15, 0.2) is 0 Å². The molecular formula is C25H43NO2. The molecule has 3 heteroatoms. The lowest BCUT2D eigenvalue weighted by molar-refractivity contribution is -0.302. The van der Waals surface area contributed by atoms with Gasteiger partial charge in [-0.3, -0.25) is 0 Å². The molecule has 3 unspecified atom stereocenters. The van der Waals surface area contributed by atoms with Crippen molar-refractivity contribution in [2.75, 3.05) is 0 Å². The highest BCUT2D eigenvalue weighted by Crippen LogP contribution is 2.47. The third-order valence-corrected chi connectivity index (χ3v) is 7.48. The quantitative estimate of drug-likeness (QED) is 0.296. The molecule has 0 spiro atoms. The van der Waals surface area contributed by atoms with Crippen molar-refractivity contribution in [3.05, 3.63) is 0 Å². The van der Waals surface area contributed by atoms with E-state index >= 15 is 0 Å². The minimum Gasteiger partial charge on any atom is -0.349 e. The zero-order valence-electron chi connectivity index (χ0n) is 18.2. The summed E-state index contributed by atoms with van der Waals surface area (Å²) in [6.07, 6.45) is 22.4. The summed E-state index contributed by atoms with van der Waals surface area (Å²) in [5, 5.41) is 9.41. The molecule has 0 aromatic heterocycles. The zero-order valence-corrected chi connectivity index (χ0v) is 18.2. The molecule has 0 N–H and O–H groups in total. The predicted molar refractivity (Wildman–Crippen MR) is 114 cm³/mol. The number of ether oxygens (including phenoxy) is 2. The molecule has 3 aliphatic carbocycles. The smallest absolute Gasteiger partial charge is 0.158 e. The molecule has 4 bridgehead atoms. The van der Waals surface area contributed by atoms with Gasteiger partial charge in [-0.1, -0.05) is 64.7 Å². The second-order valence-corrected chi connectivity index (χ2v) is 9.73. The van der Waals surface area contributed by atoms with E-state index in [0.29, 0.717) is 18.1 Å². The first-order valence-electron chi connectivity index (χ1n) is 12.5. The van der Waals surface area contributed by atoms with Crippen LogP contribution in [0.25, 0.3) is 0 Å². The summed E-state index contributed by atoms with van der Waals surface area (Å²) < 4.78 is 12.5. The summed E-state index contributed by atoms with van der Waals surface area (Å²) in [5.41, 5.74) is 0. The van der Waals surface area contributed by atoms with Gasteiger partial charge < -0.3 is 9.47 Å². The molecule has 1 saturated heterocycles. The first-order chi connectivity index (χ1) is 13.8. The fraction of sp³-hybridized carbons (Fsp3) is 0.960. The largest absolute Gasteiger partial charge is 0.349 e. The van der Waals surface area contributed by atoms with Gasteiger partial charge in [0.05, 0.1) is 18.3 Å². The zero-order chi connectivity index (χ0) is 19.6. The first-order valence-corrected chi connectivity index (χ1v) is 12.5. The third-order valence-electron chi connectivity index (χ3n) is 7.48. The van der Waals surface area contributed by atoms with Crippen LogP contribution in [0.1, 0.15) is 116 Å². The predicted octanol–water partition coefficient (Wildman–Crippen LogP) is 7.15. The van der Waals surface area contributed by atoms with Crippen molar-refractivity contribution >= 4 is 0 Å². The monoisotopic (exact) mass is 389 g/mol. The Balaban J connectivity index is 1.18. The molecule has 160 valence electrons. The van der Waals surface area contributed by atoms with Crippen molar-refractivity contribution in [3.8, 4) is 6.07 Å². The van der Waals surface area contributed by atoms with Gasteiger partial charge in [-0.05, 0) is 57.3 Å². The van der Waals surface area contributed by atoms with Crippen LogP contribution in [0.2, 0.25) is 0 Å². The Hall–Kier alpha value is -0.590. The second-order valence-electron chi connectivity index (χ2n) is 9.73. The lowest BCUT2D eigenvalue weighted by atomic mass is 9.67. The summed E-state index contributed by atoms with van der Waals surface area (Å²) >= 11 is 0. The molecule has 0 radical (unpaired) electrons. The van der Waals surface area contributed by atoms with E-state index < -0.39 is 0 Å². The van der Waals surface area contributed by atoms with E-state index in [-0.39, 0.29) is 12.2 Å². The SMILES string of the molecule is CCCCCCCCCC(C#N)CCCCCC1OC2CC3CCC2C(C3)O1. The number of fused-ring (bicyclic) bond motifs is 1. The molecule has 0 aromatic carbocycles. The van der Waals surface area contributed by atoms with Gasteiger partial charge in [0.15, 0.2) is 6.29 Å². The topological polar surface area (TPSA) is 42.2 Å². The fourth-order valence-corrected chi connectivity index (χ4v) is 5.75. The molecule has 3 nitrogen and oxygen atoms in total. The summed E-state index contributed by atoms with van der Waals surface area (Å²) in [6.45, 7) is 2.26. The molecule has 4 aliphatic rings. The van der Waals surface area contributed by atoms with E-state index in [1.165, 1.54) is 89.9 Å². The lowest BCUT2D eigenvalue weighted by Crippen LogP contribution is -2.54. The van der Waals surface area contributed by atoms with E-state index in [2.05, 4.69) is 13.0 Å². The second kappa shape index (κ2) is 12.2. The van der Waals surface area contributed by atoms with Crippen molar-refractivity contribution in [3.63, 3.8) is 0 Å². The number of unbranched alkanes of at least 4 members (excludes halogenated alkanes) is 8. The van der Waals surface area contributed by atoms with E-state index in [9.17, 15) is 5.26 Å². The molecule has 0 amide bonds. The molecule has 4 fully saturated rings. The van der Waals surface area contributed by atoms with Crippen molar-refractivity contribution in [1.29, 1.82) is 5.26 Å². The van der Waals surface area contributed by atoms with E-state index in [0.717, 1.165) is 25.2 Å². The normalized spacial score (nSPS) is 32.2. The van der Waals surface area contributed by atoms with Crippen LogP contribution in [-0.2, 0) is 9.47 Å². The average Bonchev–Trinajstić information content (AvgIpc) is 2.71. The summed E-state index contributed by atoms with van der Waals surface area (Å²) in [4.78, 5) is 0. The maximum atomic E-state index is 9.41. The van der Waals surface area contributed by atoms with Gasteiger partial charge in [0.1, 0.15) is 0 Å². The lowest BCUT2D eigenvalue weighted by Gasteiger charge is -2.52. The maximum absolute atomic E-state index is 9.41. The van der Waals surface area contributed by atoms with Gasteiger partial charge in [0.25, 0.3) is 0 Å². The van der Waals surface area contributed by atoms with Crippen LogP contribution < -0.4 is 0 Å². The van der Waals surface area contributed by atoms with Gasteiger partial charge in [-0.25, -0.2) is 0 Å². The Labute approximate surface area is 173 Å². The van der Waals surface area contributed by atoms with Gasteiger partial charge in [0, 0.05) is 11.8 Å². The fourth-order valence-electron chi connectivity index (χ4n) is 5.75. The summed E-state index contributed by atoms with van der Waals surface area (Å²) in [6, 6.07) is 2.55. The van der Waals surface area contributed by atoms with Crippen LogP contribution in [0.4, 0.5) is 0 Å². The first kappa shape index (κ1) is 22.1. The molecule has 3 saturated carbocycles. The van der Waals surface area contributed by atoms with Crippen molar-refractivity contribution < 1.29 is 9.47 Å². The molecular weight excluding hydrogens is 346 g/mol. The van der Waals surface area contributed by atoms with E-state index in [1.807, 2.05) is 0 Å². The summed E-state index contributed by atoms with van der Waals surface area (Å²) in [5.74, 6) is 1.82. The van der Waals surface area contributed by atoms with E-state index in [1.54, 1.807) is 0 Å². The molecule has 28 heavy (non-hydrogen) atoms. The number of hydrogen-bond acceptors (Lipinski definition) is 3. The molecule has 1 aliphatic heterocycles. The van der Waals surface area contributed by atoms with Crippen molar-refractivity contribution in [2.24, 2.45) is 17.8 Å². The highest BCUT2D eigenvalue weighted by atomic mass is 16.7. The minimum absolute atomic E-state index is 0.0461. The van der Waals surface area contributed by atoms with Gasteiger partial charge in [-0.2, -0.15) is 5.26 Å². The molecule has 1 heterocycles.